The van der Waals surface area contributed by atoms with Gasteiger partial charge in [0.05, 0.1) is 0 Å². The van der Waals surface area contributed by atoms with E-state index in [0.717, 1.165) is 25.0 Å². The Kier molecular flexibility index (Phi) is 4.88. The van der Waals surface area contributed by atoms with Crippen molar-refractivity contribution in [2.75, 3.05) is 32.6 Å². The van der Waals surface area contributed by atoms with E-state index in [1.807, 2.05) is 7.05 Å². The Bertz CT molecular complexity index is 475. The van der Waals surface area contributed by atoms with Gasteiger partial charge in [-0.05, 0) is 48.9 Å². The summed E-state index contributed by atoms with van der Waals surface area (Å²) in [4.78, 5) is 6.39. The third kappa shape index (κ3) is 4.15. The highest BCUT2D eigenvalue weighted by Gasteiger charge is 2.21. The molecule has 0 unspecified atom stereocenters. The normalized spacial score (nSPS) is 15.1. The van der Waals surface area contributed by atoms with Gasteiger partial charge < -0.3 is 15.5 Å². The summed E-state index contributed by atoms with van der Waals surface area (Å²) in [5, 5.41) is 6.76. The van der Waals surface area contributed by atoms with Crippen molar-refractivity contribution in [3.8, 4) is 0 Å². The van der Waals surface area contributed by atoms with Crippen molar-refractivity contribution in [3.63, 3.8) is 0 Å². The van der Waals surface area contributed by atoms with E-state index in [2.05, 4.69) is 59.7 Å². The van der Waals surface area contributed by atoms with Crippen molar-refractivity contribution < 1.29 is 0 Å². The first-order valence-electron chi connectivity index (χ1n) is 7.31. The Morgan fingerprint density at radius 2 is 2.05 bits per heavy atom. The van der Waals surface area contributed by atoms with Crippen LogP contribution in [0.4, 0.5) is 5.69 Å². The third-order valence-electron chi connectivity index (χ3n) is 3.77. The van der Waals surface area contributed by atoms with E-state index in [1.165, 1.54) is 29.7 Å². The summed E-state index contributed by atoms with van der Waals surface area (Å²) >= 11 is 0. The number of nitrogens with one attached hydrogen (secondary N) is 2. The molecule has 0 heterocycles. The van der Waals surface area contributed by atoms with Gasteiger partial charge >= 0.3 is 0 Å². The predicted octanol–water partition coefficient (Wildman–Crippen LogP) is 2.14. The lowest BCUT2D eigenvalue weighted by molar-refractivity contribution is 0.736. The molecule has 110 valence electrons. The maximum absolute atomic E-state index is 4.26. The summed E-state index contributed by atoms with van der Waals surface area (Å²) in [5.41, 5.74) is 3.86. The van der Waals surface area contributed by atoms with Crippen molar-refractivity contribution in [1.29, 1.82) is 0 Å². The lowest BCUT2D eigenvalue weighted by atomic mass is 10.1. The van der Waals surface area contributed by atoms with Crippen LogP contribution in [0.1, 0.15) is 24.0 Å². The smallest absolute Gasteiger partial charge is 0.191 e. The molecule has 0 atom stereocenters. The Balaban J connectivity index is 1.88. The summed E-state index contributed by atoms with van der Waals surface area (Å²) in [7, 11) is 5.96. The molecular formula is C16H26N4. The zero-order valence-corrected chi connectivity index (χ0v) is 13.0. The van der Waals surface area contributed by atoms with Crippen LogP contribution in [0.15, 0.2) is 23.2 Å². The summed E-state index contributed by atoms with van der Waals surface area (Å²) in [6, 6.07) is 6.56. The Hall–Kier alpha value is -1.71. The van der Waals surface area contributed by atoms with Crippen LogP contribution in [-0.4, -0.2) is 33.6 Å². The number of guanidine groups is 1. The van der Waals surface area contributed by atoms with Gasteiger partial charge in [0.2, 0.25) is 0 Å². The molecule has 4 heteroatoms. The molecule has 0 saturated heterocycles. The Labute approximate surface area is 122 Å². The minimum Gasteiger partial charge on any atom is -0.378 e. The van der Waals surface area contributed by atoms with Crippen LogP contribution in [0.25, 0.3) is 0 Å². The van der Waals surface area contributed by atoms with E-state index >= 15 is 0 Å². The first kappa shape index (κ1) is 14.7. The van der Waals surface area contributed by atoms with Gasteiger partial charge in [0.15, 0.2) is 5.96 Å². The van der Waals surface area contributed by atoms with Crippen LogP contribution < -0.4 is 15.5 Å². The molecule has 1 aliphatic rings. The summed E-state index contributed by atoms with van der Waals surface area (Å²) in [6.45, 7) is 4.01. The molecule has 0 bridgehead atoms. The van der Waals surface area contributed by atoms with Crippen LogP contribution in [0, 0.1) is 12.8 Å². The highest BCUT2D eigenvalue weighted by molar-refractivity contribution is 5.79. The SMILES string of the molecule is CN=C(NCc1ccc(N(C)C)cc1C)NCC1CC1. The van der Waals surface area contributed by atoms with E-state index in [9.17, 15) is 0 Å². The van der Waals surface area contributed by atoms with Gasteiger partial charge in [-0.15, -0.1) is 0 Å². The van der Waals surface area contributed by atoms with Gasteiger partial charge in [-0.3, -0.25) is 4.99 Å². The fourth-order valence-electron chi connectivity index (χ4n) is 2.12. The van der Waals surface area contributed by atoms with Crippen LogP contribution in [0.3, 0.4) is 0 Å². The van der Waals surface area contributed by atoms with Crippen LogP contribution in [0.2, 0.25) is 0 Å². The number of aliphatic imine (C=N–C) groups is 1. The minimum atomic E-state index is 0.809. The standard InChI is InChI=1S/C16H26N4/c1-12-9-15(20(3)4)8-7-14(12)11-19-16(17-2)18-10-13-5-6-13/h7-9,13H,5-6,10-11H2,1-4H3,(H2,17,18,19). The number of aryl methyl sites for hydroxylation is 1. The monoisotopic (exact) mass is 274 g/mol. The van der Waals surface area contributed by atoms with Crippen molar-refractivity contribution in [1.82, 2.24) is 10.6 Å². The summed E-state index contributed by atoms with van der Waals surface area (Å²) < 4.78 is 0. The summed E-state index contributed by atoms with van der Waals surface area (Å²) in [5.74, 6) is 1.75. The summed E-state index contributed by atoms with van der Waals surface area (Å²) in [6.07, 6.45) is 2.71. The molecule has 1 fully saturated rings. The fraction of sp³-hybridized carbons (Fsp3) is 0.562. The predicted molar refractivity (Wildman–Crippen MR) is 86.4 cm³/mol. The Morgan fingerprint density at radius 3 is 2.60 bits per heavy atom. The van der Waals surface area contributed by atoms with Crippen molar-refractivity contribution in [3.05, 3.63) is 29.3 Å². The molecule has 1 aromatic rings. The lowest BCUT2D eigenvalue weighted by Gasteiger charge is -2.16. The Morgan fingerprint density at radius 1 is 1.30 bits per heavy atom. The molecule has 0 amide bonds. The molecule has 1 aromatic carbocycles. The fourth-order valence-corrected chi connectivity index (χ4v) is 2.12. The zero-order valence-electron chi connectivity index (χ0n) is 13.0. The molecule has 1 saturated carbocycles. The largest absolute Gasteiger partial charge is 0.378 e. The van der Waals surface area contributed by atoms with E-state index in [4.69, 9.17) is 0 Å². The molecule has 1 aliphatic carbocycles. The second-order valence-corrected chi connectivity index (χ2v) is 5.76. The number of rotatable bonds is 5. The topological polar surface area (TPSA) is 39.7 Å². The van der Waals surface area contributed by atoms with E-state index in [-0.39, 0.29) is 0 Å². The number of nitrogens with zero attached hydrogens (tertiary/aromatic N) is 2. The molecule has 20 heavy (non-hydrogen) atoms. The maximum Gasteiger partial charge on any atom is 0.191 e. The van der Waals surface area contributed by atoms with Crippen molar-refractivity contribution in [2.45, 2.75) is 26.3 Å². The molecule has 0 spiro atoms. The van der Waals surface area contributed by atoms with Gasteiger partial charge in [-0.2, -0.15) is 0 Å². The molecular weight excluding hydrogens is 248 g/mol. The lowest BCUT2D eigenvalue weighted by Crippen LogP contribution is -2.38. The number of hydrogen-bond acceptors (Lipinski definition) is 2. The number of hydrogen-bond donors (Lipinski definition) is 2. The quantitative estimate of drug-likeness (QED) is 0.638. The minimum absolute atomic E-state index is 0.809. The molecule has 0 aliphatic heterocycles. The van der Waals surface area contributed by atoms with E-state index in [1.54, 1.807) is 0 Å². The van der Waals surface area contributed by atoms with Crippen LogP contribution >= 0.6 is 0 Å². The van der Waals surface area contributed by atoms with Gasteiger partial charge in [-0.1, -0.05) is 6.07 Å². The van der Waals surface area contributed by atoms with Crippen molar-refractivity contribution >= 4 is 11.6 Å². The first-order chi connectivity index (χ1) is 9.60. The highest BCUT2D eigenvalue weighted by Crippen LogP contribution is 2.27. The highest BCUT2D eigenvalue weighted by atomic mass is 15.2. The van der Waals surface area contributed by atoms with Crippen LogP contribution in [-0.2, 0) is 6.54 Å². The molecule has 2 rings (SSSR count). The first-order valence-corrected chi connectivity index (χ1v) is 7.31. The average Bonchev–Trinajstić information content (AvgIpc) is 3.24. The zero-order chi connectivity index (χ0) is 14.5. The van der Waals surface area contributed by atoms with Crippen LogP contribution in [0.5, 0.6) is 0 Å². The van der Waals surface area contributed by atoms with E-state index in [0.29, 0.717) is 0 Å². The molecule has 0 aromatic heterocycles. The van der Waals surface area contributed by atoms with Gasteiger partial charge in [0.1, 0.15) is 0 Å². The second-order valence-electron chi connectivity index (χ2n) is 5.76. The molecule has 0 radical (unpaired) electrons. The second kappa shape index (κ2) is 6.64. The third-order valence-corrected chi connectivity index (χ3v) is 3.77. The number of anilines is 1. The number of benzene rings is 1. The van der Waals surface area contributed by atoms with E-state index < -0.39 is 0 Å². The molecule has 4 nitrogen and oxygen atoms in total. The average molecular weight is 274 g/mol. The van der Waals surface area contributed by atoms with Gasteiger partial charge in [0.25, 0.3) is 0 Å². The van der Waals surface area contributed by atoms with Gasteiger partial charge in [-0.25, -0.2) is 0 Å². The molecule has 2 N–H and O–H groups in total. The van der Waals surface area contributed by atoms with Crippen molar-refractivity contribution in [2.24, 2.45) is 10.9 Å². The van der Waals surface area contributed by atoms with Gasteiger partial charge in [0, 0.05) is 39.9 Å². The maximum atomic E-state index is 4.26.